The van der Waals surface area contributed by atoms with Gasteiger partial charge in [0.05, 0.1) is 19.4 Å². The number of anilines is 1. The molecule has 0 amide bonds. The molecule has 0 bridgehead atoms. The molecule has 3 N–H and O–H groups in total. The van der Waals surface area contributed by atoms with Crippen LogP contribution in [0.25, 0.3) is 0 Å². The van der Waals surface area contributed by atoms with Gasteiger partial charge in [0.1, 0.15) is 5.75 Å². The lowest BCUT2D eigenvalue weighted by molar-refractivity contribution is 0.267. The summed E-state index contributed by atoms with van der Waals surface area (Å²) in [6.45, 7) is 4.70. The van der Waals surface area contributed by atoms with E-state index in [9.17, 15) is 0 Å². The Bertz CT molecular complexity index is 380. The molecule has 0 fully saturated rings. The van der Waals surface area contributed by atoms with Gasteiger partial charge in [-0.05, 0) is 37.1 Å². The van der Waals surface area contributed by atoms with Gasteiger partial charge in [-0.1, -0.05) is 0 Å². The fourth-order valence-corrected chi connectivity index (χ4v) is 1.74. The molecule has 0 saturated heterocycles. The smallest absolute Gasteiger partial charge is 0.142 e. The van der Waals surface area contributed by atoms with Crippen LogP contribution in [-0.2, 0) is 0 Å². The van der Waals surface area contributed by atoms with E-state index in [1.807, 2.05) is 18.0 Å². The zero-order chi connectivity index (χ0) is 13.0. The lowest BCUT2D eigenvalue weighted by Crippen LogP contribution is -2.38. The predicted octanol–water partition coefficient (Wildman–Crippen LogP) is 1.07. The van der Waals surface area contributed by atoms with Gasteiger partial charge in [-0.2, -0.15) is 0 Å². The number of aliphatic hydroxyl groups excluding tert-OH is 1. The van der Waals surface area contributed by atoms with Crippen molar-refractivity contribution in [1.82, 2.24) is 0 Å². The topological polar surface area (TPSA) is 58.7 Å². The summed E-state index contributed by atoms with van der Waals surface area (Å²) in [5.41, 5.74) is 9.15. The van der Waals surface area contributed by atoms with Crippen molar-refractivity contribution in [1.29, 1.82) is 0 Å². The Morgan fingerprint density at radius 2 is 1.94 bits per heavy atom. The van der Waals surface area contributed by atoms with Crippen molar-refractivity contribution in [2.45, 2.75) is 19.9 Å². The molecule has 1 unspecified atom stereocenters. The second kappa shape index (κ2) is 5.89. The van der Waals surface area contributed by atoms with E-state index in [2.05, 4.69) is 19.9 Å². The van der Waals surface area contributed by atoms with Crippen molar-refractivity contribution in [3.63, 3.8) is 0 Å². The molecule has 96 valence electrons. The van der Waals surface area contributed by atoms with E-state index in [0.29, 0.717) is 6.54 Å². The van der Waals surface area contributed by atoms with Crippen LogP contribution in [0.4, 0.5) is 5.69 Å². The van der Waals surface area contributed by atoms with Gasteiger partial charge in [0.2, 0.25) is 0 Å². The summed E-state index contributed by atoms with van der Waals surface area (Å²) in [6.07, 6.45) is 0. The third-order valence-electron chi connectivity index (χ3n) is 2.95. The van der Waals surface area contributed by atoms with Crippen LogP contribution < -0.4 is 15.4 Å². The van der Waals surface area contributed by atoms with Crippen LogP contribution in [-0.4, -0.2) is 38.5 Å². The average molecular weight is 238 g/mol. The third kappa shape index (κ3) is 3.35. The van der Waals surface area contributed by atoms with Crippen LogP contribution in [0.2, 0.25) is 0 Å². The fraction of sp³-hybridized carbons (Fsp3) is 0.538. The van der Waals surface area contributed by atoms with Gasteiger partial charge in [-0.15, -0.1) is 0 Å². The summed E-state index contributed by atoms with van der Waals surface area (Å²) in [6, 6.07) is 3.86. The highest BCUT2D eigenvalue weighted by Gasteiger charge is 2.12. The lowest BCUT2D eigenvalue weighted by atomic mass is 10.1. The Labute approximate surface area is 103 Å². The molecule has 4 nitrogen and oxygen atoms in total. The van der Waals surface area contributed by atoms with Crippen molar-refractivity contribution in [3.05, 3.63) is 23.3 Å². The predicted molar refractivity (Wildman–Crippen MR) is 70.8 cm³/mol. The number of benzene rings is 1. The molecule has 1 atom stereocenters. The van der Waals surface area contributed by atoms with E-state index >= 15 is 0 Å². The van der Waals surface area contributed by atoms with Crippen molar-refractivity contribution in [3.8, 4) is 5.75 Å². The minimum absolute atomic E-state index is 0.0164. The second-order valence-electron chi connectivity index (χ2n) is 4.43. The summed E-state index contributed by atoms with van der Waals surface area (Å²) >= 11 is 0. The van der Waals surface area contributed by atoms with Crippen molar-refractivity contribution < 1.29 is 9.84 Å². The SMILES string of the molecule is COc1cc(C)c(C)cc1N(C)CC(N)CO. The van der Waals surface area contributed by atoms with Gasteiger partial charge in [-0.25, -0.2) is 0 Å². The minimum atomic E-state index is -0.244. The van der Waals surface area contributed by atoms with Gasteiger partial charge in [0.25, 0.3) is 0 Å². The molecule has 1 aromatic carbocycles. The fourth-order valence-electron chi connectivity index (χ4n) is 1.74. The van der Waals surface area contributed by atoms with Crippen LogP contribution >= 0.6 is 0 Å². The van der Waals surface area contributed by atoms with Gasteiger partial charge >= 0.3 is 0 Å². The van der Waals surface area contributed by atoms with Gasteiger partial charge < -0.3 is 20.5 Å². The Hall–Kier alpha value is -1.26. The average Bonchev–Trinajstić information content (AvgIpc) is 2.31. The third-order valence-corrected chi connectivity index (χ3v) is 2.95. The van der Waals surface area contributed by atoms with Crippen molar-refractivity contribution in [2.75, 3.05) is 32.2 Å². The summed E-state index contributed by atoms with van der Waals surface area (Å²) in [4.78, 5) is 2.01. The molecule has 1 aromatic rings. The van der Waals surface area contributed by atoms with Crippen molar-refractivity contribution >= 4 is 5.69 Å². The van der Waals surface area contributed by atoms with E-state index in [4.69, 9.17) is 15.6 Å². The zero-order valence-corrected chi connectivity index (χ0v) is 11.0. The highest BCUT2D eigenvalue weighted by Crippen LogP contribution is 2.30. The number of likely N-dealkylation sites (N-methyl/N-ethyl adjacent to an activating group) is 1. The van der Waals surface area contributed by atoms with E-state index in [0.717, 1.165) is 11.4 Å². The highest BCUT2D eigenvalue weighted by atomic mass is 16.5. The van der Waals surface area contributed by atoms with E-state index in [1.165, 1.54) is 11.1 Å². The Morgan fingerprint density at radius 3 is 2.47 bits per heavy atom. The number of ether oxygens (including phenoxy) is 1. The lowest BCUT2D eigenvalue weighted by Gasteiger charge is -2.25. The van der Waals surface area contributed by atoms with Crippen LogP contribution in [0.1, 0.15) is 11.1 Å². The van der Waals surface area contributed by atoms with E-state index in [1.54, 1.807) is 7.11 Å². The minimum Gasteiger partial charge on any atom is -0.495 e. The number of aliphatic hydroxyl groups is 1. The molecule has 17 heavy (non-hydrogen) atoms. The number of methoxy groups -OCH3 is 1. The molecule has 0 heterocycles. The number of nitrogens with zero attached hydrogens (tertiary/aromatic N) is 1. The highest BCUT2D eigenvalue weighted by molar-refractivity contribution is 5.61. The summed E-state index contributed by atoms with van der Waals surface area (Å²) in [7, 11) is 3.61. The molecule has 0 aliphatic rings. The maximum absolute atomic E-state index is 8.97. The quantitative estimate of drug-likeness (QED) is 0.805. The molecule has 0 saturated carbocycles. The largest absolute Gasteiger partial charge is 0.495 e. The summed E-state index contributed by atoms with van der Waals surface area (Å²) in [5, 5.41) is 8.97. The Morgan fingerprint density at radius 1 is 1.35 bits per heavy atom. The Kier molecular flexibility index (Phi) is 4.78. The molecular formula is C13H22N2O2. The van der Waals surface area contributed by atoms with Gasteiger partial charge in [0, 0.05) is 19.6 Å². The first kappa shape index (κ1) is 13.8. The molecule has 0 aliphatic heterocycles. The zero-order valence-electron chi connectivity index (χ0n) is 11.0. The van der Waals surface area contributed by atoms with Gasteiger partial charge in [0.15, 0.2) is 0 Å². The molecule has 0 spiro atoms. The molecule has 1 rings (SSSR count). The van der Waals surface area contributed by atoms with E-state index in [-0.39, 0.29) is 12.6 Å². The maximum Gasteiger partial charge on any atom is 0.142 e. The van der Waals surface area contributed by atoms with Crippen molar-refractivity contribution in [2.24, 2.45) is 5.73 Å². The number of hydrogen-bond donors (Lipinski definition) is 2. The maximum atomic E-state index is 8.97. The van der Waals surface area contributed by atoms with Crippen LogP contribution in [0.15, 0.2) is 12.1 Å². The molecule has 0 aliphatic carbocycles. The summed E-state index contributed by atoms with van der Waals surface area (Å²) in [5.74, 6) is 0.834. The molecule has 0 radical (unpaired) electrons. The van der Waals surface area contributed by atoms with E-state index < -0.39 is 0 Å². The number of hydrogen-bond acceptors (Lipinski definition) is 4. The molecule has 0 aromatic heterocycles. The first-order chi connectivity index (χ1) is 7.99. The first-order valence-electron chi connectivity index (χ1n) is 5.72. The normalized spacial score (nSPS) is 12.4. The summed E-state index contributed by atoms with van der Waals surface area (Å²) < 4.78 is 5.37. The molecular weight excluding hydrogens is 216 g/mol. The van der Waals surface area contributed by atoms with Crippen LogP contribution in [0, 0.1) is 13.8 Å². The van der Waals surface area contributed by atoms with Gasteiger partial charge in [-0.3, -0.25) is 0 Å². The number of nitrogens with two attached hydrogens (primary N) is 1. The van der Waals surface area contributed by atoms with Crippen LogP contribution in [0.3, 0.4) is 0 Å². The second-order valence-corrected chi connectivity index (χ2v) is 4.43. The Balaban J connectivity index is 2.99. The first-order valence-corrected chi connectivity index (χ1v) is 5.72. The monoisotopic (exact) mass is 238 g/mol. The number of aryl methyl sites for hydroxylation is 2. The molecule has 4 heteroatoms. The van der Waals surface area contributed by atoms with Crippen LogP contribution in [0.5, 0.6) is 5.75 Å². The number of rotatable bonds is 5. The standard InChI is InChI=1S/C13H22N2O2/c1-9-5-12(13(17-4)6-10(9)2)15(3)7-11(14)8-16/h5-6,11,16H,7-8,14H2,1-4H3.